The summed E-state index contributed by atoms with van der Waals surface area (Å²) in [6, 6.07) is 10.4. The van der Waals surface area contributed by atoms with Crippen LogP contribution in [0, 0.1) is 11.7 Å². The Labute approximate surface area is 194 Å². The van der Waals surface area contributed by atoms with Gasteiger partial charge in [0.25, 0.3) is 11.8 Å². The minimum atomic E-state index is -0.411. The molecule has 2 aromatic carbocycles. The quantitative estimate of drug-likeness (QED) is 0.764. The van der Waals surface area contributed by atoms with Crippen molar-refractivity contribution in [2.75, 3.05) is 46.2 Å². The van der Waals surface area contributed by atoms with Crippen LogP contribution in [0.3, 0.4) is 0 Å². The van der Waals surface area contributed by atoms with Gasteiger partial charge in [0, 0.05) is 50.6 Å². The number of anilines is 1. The Morgan fingerprint density at radius 3 is 2.48 bits per heavy atom. The smallest absolute Gasteiger partial charge is 0.257 e. The maximum Gasteiger partial charge on any atom is 0.257 e. The predicted molar refractivity (Wildman–Crippen MR) is 125 cm³/mol. The summed E-state index contributed by atoms with van der Waals surface area (Å²) in [7, 11) is 5.45. The highest BCUT2D eigenvalue weighted by atomic mass is 19.1. The number of amides is 2. The third kappa shape index (κ3) is 6.09. The van der Waals surface area contributed by atoms with Crippen molar-refractivity contribution >= 4 is 17.5 Å². The van der Waals surface area contributed by atoms with Gasteiger partial charge in [-0.15, -0.1) is 0 Å². The van der Waals surface area contributed by atoms with Crippen molar-refractivity contribution in [1.82, 2.24) is 9.80 Å². The Morgan fingerprint density at radius 1 is 1.12 bits per heavy atom. The molecule has 2 amide bonds. The predicted octanol–water partition coefficient (Wildman–Crippen LogP) is 3.51. The molecule has 3 rings (SSSR count). The highest BCUT2D eigenvalue weighted by molar-refractivity contribution is 6.05. The average Bonchev–Trinajstić information content (AvgIpc) is 2.80. The summed E-state index contributed by atoms with van der Waals surface area (Å²) in [6.07, 6.45) is -0.105. The number of rotatable bonds is 3. The van der Waals surface area contributed by atoms with Crippen molar-refractivity contribution < 1.29 is 23.5 Å². The first-order valence-corrected chi connectivity index (χ1v) is 11.0. The van der Waals surface area contributed by atoms with Gasteiger partial charge in [0.05, 0.1) is 11.7 Å². The van der Waals surface area contributed by atoms with E-state index < -0.39 is 5.82 Å². The van der Waals surface area contributed by atoms with Crippen molar-refractivity contribution in [3.8, 4) is 5.75 Å². The number of carbonyl (C=O) groups excluding carboxylic acids is 2. The van der Waals surface area contributed by atoms with Crippen LogP contribution in [-0.4, -0.2) is 74.7 Å². The van der Waals surface area contributed by atoms with Gasteiger partial charge in [0.15, 0.2) is 0 Å². The second-order valence-electron chi connectivity index (χ2n) is 8.71. The lowest BCUT2D eigenvalue weighted by atomic mass is 10.0. The molecule has 1 heterocycles. The zero-order valence-electron chi connectivity index (χ0n) is 19.8. The number of likely N-dealkylation sites (N-methyl/N-ethyl adjacent to an activating group) is 2. The van der Waals surface area contributed by atoms with Crippen LogP contribution >= 0.6 is 0 Å². The summed E-state index contributed by atoms with van der Waals surface area (Å²) >= 11 is 0. The van der Waals surface area contributed by atoms with Crippen LogP contribution in [0.15, 0.2) is 42.5 Å². The van der Waals surface area contributed by atoms with E-state index in [1.807, 2.05) is 7.05 Å². The molecule has 0 aliphatic carbocycles. The Morgan fingerprint density at radius 2 is 1.82 bits per heavy atom. The number of benzene rings is 2. The molecular formula is C25H32FN3O4. The molecule has 0 bridgehead atoms. The fourth-order valence-electron chi connectivity index (χ4n) is 3.84. The molecular weight excluding hydrogens is 425 g/mol. The second-order valence-corrected chi connectivity index (χ2v) is 8.71. The number of ether oxygens (including phenoxy) is 2. The first-order valence-electron chi connectivity index (χ1n) is 11.0. The van der Waals surface area contributed by atoms with Crippen molar-refractivity contribution in [2.24, 2.45) is 5.92 Å². The van der Waals surface area contributed by atoms with Crippen molar-refractivity contribution in [3.63, 3.8) is 0 Å². The van der Waals surface area contributed by atoms with E-state index in [9.17, 15) is 14.0 Å². The zero-order valence-corrected chi connectivity index (χ0v) is 19.8. The lowest BCUT2D eigenvalue weighted by Gasteiger charge is -2.34. The number of fused-ring (bicyclic) bond motifs is 1. The maximum absolute atomic E-state index is 13.2. The molecule has 0 radical (unpaired) electrons. The second kappa shape index (κ2) is 10.8. The topological polar surface area (TPSA) is 71.1 Å². The molecule has 2 aromatic rings. The first-order chi connectivity index (χ1) is 15.7. The van der Waals surface area contributed by atoms with Gasteiger partial charge in [-0.05, 0) is 56.3 Å². The summed E-state index contributed by atoms with van der Waals surface area (Å²) < 4.78 is 24.9. The van der Waals surface area contributed by atoms with Gasteiger partial charge >= 0.3 is 0 Å². The van der Waals surface area contributed by atoms with E-state index in [1.54, 1.807) is 37.3 Å². The first kappa shape index (κ1) is 24.7. The van der Waals surface area contributed by atoms with E-state index in [1.165, 1.54) is 24.3 Å². The van der Waals surface area contributed by atoms with Gasteiger partial charge in [-0.25, -0.2) is 4.39 Å². The minimum Gasteiger partial charge on any atom is -0.491 e. The van der Waals surface area contributed by atoms with E-state index >= 15 is 0 Å². The Bertz CT molecular complexity index is 982. The molecule has 0 saturated heterocycles. The van der Waals surface area contributed by atoms with Crippen molar-refractivity contribution in [2.45, 2.75) is 26.0 Å². The largest absolute Gasteiger partial charge is 0.491 e. The summed E-state index contributed by atoms with van der Waals surface area (Å²) in [5, 5.41) is 2.79. The minimum absolute atomic E-state index is 0.0996. The van der Waals surface area contributed by atoms with Crippen LogP contribution in [0.2, 0.25) is 0 Å². The molecule has 7 nitrogen and oxygen atoms in total. The van der Waals surface area contributed by atoms with Crippen LogP contribution in [0.4, 0.5) is 10.1 Å². The van der Waals surface area contributed by atoms with Crippen LogP contribution in [0.25, 0.3) is 0 Å². The number of nitrogens with zero attached hydrogens (tertiary/aromatic N) is 2. The molecule has 1 N–H and O–H groups in total. The van der Waals surface area contributed by atoms with Crippen LogP contribution in [0.1, 0.15) is 34.6 Å². The van der Waals surface area contributed by atoms with Gasteiger partial charge < -0.3 is 19.7 Å². The Kier molecular flexibility index (Phi) is 8.05. The van der Waals surface area contributed by atoms with Gasteiger partial charge in [0.1, 0.15) is 18.2 Å². The number of halogens is 1. The maximum atomic E-state index is 13.2. The summed E-state index contributed by atoms with van der Waals surface area (Å²) in [4.78, 5) is 29.6. The average molecular weight is 458 g/mol. The summed E-state index contributed by atoms with van der Waals surface area (Å²) in [6.45, 7) is 5.80. The highest BCUT2D eigenvalue weighted by Crippen LogP contribution is 2.27. The SMILES string of the molecule is CO[C@@H]1CN(C)C(=O)c2ccc(NC(=O)c3ccc(F)cc3)cc2OC[C@@H](C)N(C)C[C@H]1C. The van der Waals surface area contributed by atoms with Crippen LogP contribution < -0.4 is 10.1 Å². The van der Waals surface area contributed by atoms with Crippen molar-refractivity contribution in [1.29, 1.82) is 0 Å². The molecule has 0 saturated carbocycles. The number of hydrogen-bond donors (Lipinski definition) is 1. The monoisotopic (exact) mass is 457 g/mol. The summed E-state index contributed by atoms with van der Waals surface area (Å²) in [5.41, 5.74) is 1.22. The van der Waals surface area contributed by atoms with Gasteiger partial charge in [-0.1, -0.05) is 6.92 Å². The van der Waals surface area contributed by atoms with Crippen LogP contribution in [-0.2, 0) is 4.74 Å². The number of hydrogen-bond acceptors (Lipinski definition) is 5. The molecule has 8 heteroatoms. The third-order valence-corrected chi connectivity index (χ3v) is 6.12. The molecule has 0 unspecified atom stereocenters. The number of nitrogens with one attached hydrogen (secondary N) is 1. The number of methoxy groups -OCH3 is 1. The summed E-state index contributed by atoms with van der Waals surface area (Å²) in [5.74, 6) is -0.354. The standard InChI is InChI=1S/C25H32FN3O4/c1-16-13-28(3)17(2)15-33-22-12-20(27-24(30)18-6-8-19(26)9-7-18)10-11-21(22)25(31)29(4)14-23(16)32-5/h6-12,16-17,23H,13-15H2,1-5H3,(H,27,30)/t16-,17-,23-/m1/s1. The number of carbonyl (C=O) groups is 2. The van der Waals surface area contributed by atoms with E-state index in [0.717, 1.165) is 6.54 Å². The normalized spacial score (nSPS) is 22.5. The van der Waals surface area contributed by atoms with E-state index in [0.29, 0.717) is 35.7 Å². The highest BCUT2D eigenvalue weighted by Gasteiger charge is 2.27. The molecule has 0 spiro atoms. The molecule has 33 heavy (non-hydrogen) atoms. The van der Waals surface area contributed by atoms with Gasteiger partial charge in [0.2, 0.25) is 0 Å². The van der Waals surface area contributed by atoms with Gasteiger partial charge in [-0.2, -0.15) is 0 Å². The molecule has 178 valence electrons. The molecule has 0 fully saturated rings. The van der Waals surface area contributed by atoms with Crippen molar-refractivity contribution in [3.05, 3.63) is 59.4 Å². The van der Waals surface area contributed by atoms with E-state index in [2.05, 4.69) is 24.1 Å². The third-order valence-electron chi connectivity index (χ3n) is 6.12. The lowest BCUT2D eigenvalue weighted by molar-refractivity contribution is 0.0150. The van der Waals surface area contributed by atoms with E-state index in [4.69, 9.17) is 9.47 Å². The zero-order chi connectivity index (χ0) is 24.1. The molecule has 0 aromatic heterocycles. The lowest BCUT2D eigenvalue weighted by Crippen LogP contribution is -2.45. The fourth-order valence-corrected chi connectivity index (χ4v) is 3.84. The molecule has 1 aliphatic heterocycles. The molecule has 1 aliphatic rings. The van der Waals surface area contributed by atoms with E-state index in [-0.39, 0.29) is 29.9 Å². The van der Waals surface area contributed by atoms with Crippen LogP contribution in [0.5, 0.6) is 5.75 Å². The fraction of sp³-hybridized carbons (Fsp3) is 0.440. The Balaban J connectivity index is 1.89. The Hall–Kier alpha value is -2.97. The molecule has 3 atom stereocenters. The van der Waals surface area contributed by atoms with Gasteiger partial charge in [-0.3, -0.25) is 14.5 Å².